The molecule has 0 amide bonds. The second-order valence-electron chi connectivity index (χ2n) is 2.75. The van der Waals surface area contributed by atoms with Crippen LogP contribution >= 0.6 is 0 Å². The fourth-order valence-corrected chi connectivity index (χ4v) is 1.25. The molecular weight excluding hydrogens is 145 g/mol. The maximum absolute atomic E-state index is 2.15. The highest BCUT2D eigenvalue weighted by atomic mass is 15.1. The Labute approximate surface area is 73.3 Å². The molecule has 2 heteroatoms. The molecule has 0 atom stereocenters. The Kier molecular flexibility index (Phi) is 1.99. The molecular formula is C10H10BN. The summed E-state index contributed by atoms with van der Waals surface area (Å²) in [5, 5.41) is 0. The van der Waals surface area contributed by atoms with Gasteiger partial charge in [0.05, 0.1) is 0 Å². The van der Waals surface area contributed by atoms with Crippen molar-refractivity contribution < 1.29 is 0 Å². The molecule has 0 aromatic heterocycles. The summed E-state index contributed by atoms with van der Waals surface area (Å²) >= 11 is 0. The molecule has 0 aliphatic carbocycles. The fourth-order valence-electron chi connectivity index (χ4n) is 1.25. The second kappa shape index (κ2) is 3.31. The lowest BCUT2D eigenvalue weighted by molar-refractivity contribution is 1.28. The van der Waals surface area contributed by atoms with Crippen LogP contribution in [0.2, 0.25) is 0 Å². The van der Waals surface area contributed by atoms with Crippen LogP contribution in [0, 0.1) is 0 Å². The largest absolute Gasteiger partial charge is 0.326 e. The molecule has 0 unspecified atom stereocenters. The van der Waals surface area contributed by atoms with Crippen molar-refractivity contribution in [1.82, 2.24) is 0 Å². The number of benzene rings is 1. The summed E-state index contributed by atoms with van der Waals surface area (Å²) in [7, 11) is 1.04. The van der Waals surface area contributed by atoms with Gasteiger partial charge >= 0.3 is 0 Å². The molecule has 0 fully saturated rings. The van der Waals surface area contributed by atoms with Gasteiger partial charge in [0.15, 0.2) is 7.28 Å². The van der Waals surface area contributed by atoms with E-state index in [-0.39, 0.29) is 0 Å². The highest BCUT2D eigenvalue weighted by Gasteiger charge is 1.99. The normalized spacial score (nSPS) is 14.5. The van der Waals surface area contributed by atoms with Gasteiger partial charge in [-0.25, -0.2) is 0 Å². The van der Waals surface area contributed by atoms with Gasteiger partial charge in [0.1, 0.15) is 0 Å². The van der Waals surface area contributed by atoms with Gasteiger partial charge in [-0.2, -0.15) is 0 Å². The van der Waals surface area contributed by atoms with Crippen LogP contribution in [0.1, 0.15) is 0 Å². The summed E-state index contributed by atoms with van der Waals surface area (Å²) < 4.78 is 0. The minimum Gasteiger partial charge on any atom is -0.326 e. The van der Waals surface area contributed by atoms with E-state index in [0.29, 0.717) is 0 Å². The fraction of sp³-hybridized carbons (Fsp3) is 0. The Morgan fingerprint density at radius 2 is 1.58 bits per heavy atom. The zero-order chi connectivity index (χ0) is 8.23. The van der Waals surface area contributed by atoms with E-state index in [2.05, 4.69) is 41.4 Å². The smallest absolute Gasteiger partial charge is 0.177 e. The molecule has 1 aromatic carbocycles. The van der Waals surface area contributed by atoms with Gasteiger partial charge in [-0.05, 0) is 24.5 Å². The van der Waals surface area contributed by atoms with Crippen LogP contribution in [0.4, 0.5) is 5.69 Å². The SMILES string of the molecule is B1C=CN(c2ccccc2)C=C1. The Hall–Kier alpha value is -1.44. The van der Waals surface area contributed by atoms with E-state index in [9.17, 15) is 0 Å². The third-order valence-electron chi connectivity index (χ3n) is 1.86. The molecule has 0 bridgehead atoms. The maximum atomic E-state index is 2.15. The summed E-state index contributed by atoms with van der Waals surface area (Å²) in [6.07, 6.45) is 4.19. The van der Waals surface area contributed by atoms with Gasteiger partial charge < -0.3 is 4.90 Å². The van der Waals surface area contributed by atoms with Crippen LogP contribution in [0.15, 0.2) is 54.7 Å². The number of anilines is 1. The zero-order valence-electron chi connectivity index (χ0n) is 6.85. The van der Waals surface area contributed by atoms with Gasteiger partial charge in [-0.3, -0.25) is 0 Å². The molecule has 0 radical (unpaired) electrons. The van der Waals surface area contributed by atoms with Crippen molar-refractivity contribution in [2.45, 2.75) is 0 Å². The monoisotopic (exact) mass is 155 g/mol. The average molecular weight is 155 g/mol. The van der Waals surface area contributed by atoms with E-state index in [1.807, 2.05) is 18.2 Å². The summed E-state index contributed by atoms with van der Waals surface area (Å²) in [4.78, 5) is 2.11. The van der Waals surface area contributed by atoms with E-state index in [0.717, 1.165) is 7.28 Å². The van der Waals surface area contributed by atoms with Crippen LogP contribution in [0.5, 0.6) is 0 Å². The Bertz CT molecular complexity index is 291. The van der Waals surface area contributed by atoms with Crippen molar-refractivity contribution >= 4 is 13.0 Å². The van der Waals surface area contributed by atoms with Crippen molar-refractivity contribution in [3.8, 4) is 0 Å². The van der Waals surface area contributed by atoms with Crippen molar-refractivity contribution in [2.24, 2.45) is 0 Å². The predicted molar refractivity (Wildman–Crippen MR) is 54.4 cm³/mol. The lowest BCUT2D eigenvalue weighted by atomic mass is 9.78. The van der Waals surface area contributed by atoms with Crippen molar-refractivity contribution in [1.29, 1.82) is 0 Å². The van der Waals surface area contributed by atoms with Gasteiger partial charge in [0, 0.05) is 5.69 Å². The Balaban J connectivity index is 2.25. The van der Waals surface area contributed by atoms with Crippen LogP contribution < -0.4 is 4.90 Å². The second-order valence-corrected chi connectivity index (χ2v) is 2.75. The number of nitrogens with zero attached hydrogens (tertiary/aromatic N) is 1. The first-order valence-corrected chi connectivity index (χ1v) is 4.13. The van der Waals surface area contributed by atoms with E-state index >= 15 is 0 Å². The number of para-hydroxylation sites is 1. The van der Waals surface area contributed by atoms with E-state index < -0.39 is 0 Å². The highest BCUT2D eigenvalue weighted by Crippen LogP contribution is 2.14. The number of rotatable bonds is 1. The Morgan fingerprint density at radius 3 is 2.25 bits per heavy atom. The first kappa shape index (κ1) is 7.23. The zero-order valence-corrected chi connectivity index (χ0v) is 6.85. The van der Waals surface area contributed by atoms with E-state index in [1.165, 1.54) is 5.69 Å². The molecule has 12 heavy (non-hydrogen) atoms. The third kappa shape index (κ3) is 1.42. The third-order valence-corrected chi connectivity index (χ3v) is 1.86. The van der Waals surface area contributed by atoms with Crippen LogP contribution in [0.3, 0.4) is 0 Å². The molecule has 1 heterocycles. The Morgan fingerprint density at radius 1 is 0.917 bits per heavy atom. The molecule has 2 rings (SSSR count). The van der Waals surface area contributed by atoms with Crippen molar-refractivity contribution in [3.63, 3.8) is 0 Å². The minimum absolute atomic E-state index is 1.04. The summed E-state index contributed by atoms with van der Waals surface area (Å²) in [5.41, 5.74) is 1.21. The molecule has 0 saturated carbocycles. The maximum Gasteiger partial charge on any atom is 0.177 e. The molecule has 0 spiro atoms. The molecule has 0 N–H and O–H groups in total. The molecule has 1 aliphatic rings. The minimum atomic E-state index is 1.04. The summed E-state index contributed by atoms with van der Waals surface area (Å²) in [5.74, 6) is 4.29. The lowest BCUT2D eigenvalue weighted by Crippen LogP contribution is -2.10. The topological polar surface area (TPSA) is 3.24 Å². The first-order chi connectivity index (χ1) is 5.97. The van der Waals surface area contributed by atoms with Crippen LogP contribution in [0.25, 0.3) is 0 Å². The summed E-state index contributed by atoms with van der Waals surface area (Å²) in [6.45, 7) is 0. The predicted octanol–water partition coefficient (Wildman–Crippen LogP) is 1.89. The first-order valence-electron chi connectivity index (χ1n) is 4.13. The lowest BCUT2D eigenvalue weighted by Gasteiger charge is -2.17. The van der Waals surface area contributed by atoms with Gasteiger partial charge in [0.25, 0.3) is 0 Å². The van der Waals surface area contributed by atoms with Crippen LogP contribution in [-0.4, -0.2) is 7.28 Å². The standard InChI is InChI=1S/C10H10BN/c1-2-4-10(5-3-1)12-8-6-11-7-9-12/h1-9,11H. The molecule has 1 aromatic rings. The van der Waals surface area contributed by atoms with Gasteiger partial charge in [0.2, 0.25) is 0 Å². The number of hydrogen-bond donors (Lipinski definition) is 0. The quantitative estimate of drug-likeness (QED) is 0.559. The molecule has 58 valence electrons. The van der Waals surface area contributed by atoms with Gasteiger partial charge in [-0.1, -0.05) is 30.1 Å². The molecule has 1 aliphatic heterocycles. The highest BCUT2D eigenvalue weighted by molar-refractivity contribution is 6.48. The van der Waals surface area contributed by atoms with Crippen molar-refractivity contribution in [3.05, 3.63) is 54.7 Å². The molecule has 0 saturated heterocycles. The van der Waals surface area contributed by atoms with Crippen LogP contribution in [-0.2, 0) is 0 Å². The average Bonchev–Trinajstić information content (AvgIpc) is 2.21. The number of hydrogen-bond acceptors (Lipinski definition) is 1. The van der Waals surface area contributed by atoms with E-state index in [4.69, 9.17) is 0 Å². The summed E-state index contributed by atoms with van der Waals surface area (Å²) in [6, 6.07) is 10.3. The van der Waals surface area contributed by atoms with Crippen molar-refractivity contribution in [2.75, 3.05) is 4.90 Å². The van der Waals surface area contributed by atoms with E-state index in [1.54, 1.807) is 0 Å². The van der Waals surface area contributed by atoms with Gasteiger partial charge in [-0.15, -0.1) is 0 Å². The molecule has 1 nitrogen and oxygen atoms in total.